The number of carbonyl (C=O) groups is 1. The standard InChI is InChI=1S/C12H11N3O3/c13-11-12(18)15(7-10(16)17)9(6-14-11)8-4-2-1-3-5-8/h1-6H,7H2,(H2,13,14)(H,16,17). The van der Waals surface area contributed by atoms with Crippen molar-refractivity contribution in [3.05, 3.63) is 46.9 Å². The van der Waals surface area contributed by atoms with Gasteiger partial charge < -0.3 is 10.8 Å². The molecule has 0 unspecified atom stereocenters. The van der Waals surface area contributed by atoms with Crippen molar-refractivity contribution in [3.63, 3.8) is 0 Å². The fraction of sp³-hybridized carbons (Fsp3) is 0.0833. The van der Waals surface area contributed by atoms with Crippen LogP contribution in [-0.4, -0.2) is 20.6 Å². The Morgan fingerprint density at radius 2 is 2.00 bits per heavy atom. The number of aromatic nitrogens is 2. The number of nitrogens with two attached hydrogens (primary N) is 1. The molecule has 0 aliphatic carbocycles. The molecule has 0 radical (unpaired) electrons. The first-order valence-electron chi connectivity index (χ1n) is 5.22. The number of rotatable bonds is 3. The van der Waals surface area contributed by atoms with Crippen molar-refractivity contribution >= 4 is 11.8 Å². The summed E-state index contributed by atoms with van der Waals surface area (Å²) in [6, 6.07) is 8.95. The third-order valence-corrected chi connectivity index (χ3v) is 2.44. The summed E-state index contributed by atoms with van der Waals surface area (Å²) in [6.45, 7) is -0.449. The van der Waals surface area contributed by atoms with Crippen LogP contribution in [0.1, 0.15) is 0 Å². The van der Waals surface area contributed by atoms with E-state index in [-0.39, 0.29) is 5.82 Å². The molecule has 6 heteroatoms. The number of carboxylic acids is 1. The predicted octanol–water partition coefficient (Wildman–Crippen LogP) is 0.577. The Kier molecular flexibility index (Phi) is 3.09. The topological polar surface area (TPSA) is 98.2 Å². The molecular formula is C12H11N3O3. The van der Waals surface area contributed by atoms with Gasteiger partial charge in [-0.25, -0.2) is 4.98 Å². The van der Waals surface area contributed by atoms with Gasteiger partial charge in [0.2, 0.25) is 0 Å². The number of nitrogen functional groups attached to an aromatic ring is 1. The van der Waals surface area contributed by atoms with Crippen LogP contribution in [-0.2, 0) is 11.3 Å². The van der Waals surface area contributed by atoms with Gasteiger partial charge in [-0.1, -0.05) is 30.3 Å². The number of anilines is 1. The highest BCUT2D eigenvalue weighted by Gasteiger charge is 2.12. The lowest BCUT2D eigenvalue weighted by Gasteiger charge is -2.10. The van der Waals surface area contributed by atoms with Crippen LogP contribution >= 0.6 is 0 Å². The molecule has 3 N–H and O–H groups in total. The molecule has 1 heterocycles. The summed E-state index contributed by atoms with van der Waals surface area (Å²) in [5.41, 5.74) is 5.95. The second-order valence-electron chi connectivity index (χ2n) is 3.68. The Morgan fingerprint density at radius 1 is 1.33 bits per heavy atom. The van der Waals surface area contributed by atoms with E-state index < -0.39 is 18.1 Å². The summed E-state index contributed by atoms with van der Waals surface area (Å²) in [4.78, 5) is 26.4. The Morgan fingerprint density at radius 3 is 2.61 bits per heavy atom. The van der Waals surface area contributed by atoms with Crippen LogP contribution in [0, 0.1) is 0 Å². The summed E-state index contributed by atoms with van der Waals surface area (Å²) in [5, 5.41) is 8.83. The number of aliphatic carboxylic acids is 1. The number of carboxylic acid groups (broad SMARTS) is 1. The molecule has 18 heavy (non-hydrogen) atoms. The van der Waals surface area contributed by atoms with Gasteiger partial charge in [-0.05, 0) is 5.56 Å². The van der Waals surface area contributed by atoms with Crippen molar-refractivity contribution in [2.45, 2.75) is 6.54 Å². The van der Waals surface area contributed by atoms with Gasteiger partial charge in [-0.3, -0.25) is 14.2 Å². The van der Waals surface area contributed by atoms with Gasteiger partial charge in [-0.2, -0.15) is 0 Å². The highest BCUT2D eigenvalue weighted by Crippen LogP contribution is 2.16. The summed E-state index contributed by atoms with van der Waals surface area (Å²) >= 11 is 0. The zero-order valence-electron chi connectivity index (χ0n) is 9.41. The van der Waals surface area contributed by atoms with Gasteiger partial charge in [0.15, 0.2) is 5.82 Å². The largest absolute Gasteiger partial charge is 0.480 e. The Labute approximate surface area is 102 Å². The molecule has 0 aliphatic rings. The van der Waals surface area contributed by atoms with E-state index in [1.54, 1.807) is 24.3 Å². The van der Waals surface area contributed by atoms with E-state index in [1.165, 1.54) is 6.20 Å². The van der Waals surface area contributed by atoms with Gasteiger partial charge in [-0.15, -0.1) is 0 Å². The van der Waals surface area contributed by atoms with Crippen LogP contribution < -0.4 is 11.3 Å². The monoisotopic (exact) mass is 245 g/mol. The highest BCUT2D eigenvalue weighted by molar-refractivity contribution is 5.69. The van der Waals surface area contributed by atoms with Crippen molar-refractivity contribution in [2.24, 2.45) is 0 Å². The van der Waals surface area contributed by atoms with Crippen LogP contribution in [0.25, 0.3) is 11.3 Å². The Balaban J connectivity index is 2.64. The van der Waals surface area contributed by atoms with Crippen molar-refractivity contribution in [2.75, 3.05) is 5.73 Å². The first-order valence-corrected chi connectivity index (χ1v) is 5.22. The lowest BCUT2D eigenvalue weighted by Crippen LogP contribution is -2.28. The number of nitrogens with zero attached hydrogens (tertiary/aromatic N) is 2. The molecule has 2 rings (SSSR count). The first-order chi connectivity index (χ1) is 8.59. The molecule has 1 aromatic carbocycles. The van der Waals surface area contributed by atoms with Gasteiger partial charge in [0.05, 0.1) is 11.9 Å². The number of benzene rings is 1. The second kappa shape index (κ2) is 4.70. The molecule has 1 aromatic heterocycles. The number of hydrogen-bond donors (Lipinski definition) is 2. The Bertz CT molecular complexity index is 635. The van der Waals surface area contributed by atoms with Crippen molar-refractivity contribution in [1.29, 1.82) is 0 Å². The SMILES string of the molecule is Nc1ncc(-c2ccccc2)n(CC(=O)O)c1=O. The maximum Gasteiger partial charge on any atom is 0.323 e. The van der Waals surface area contributed by atoms with Crippen LogP contribution in [0.5, 0.6) is 0 Å². The van der Waals surface area contributed by atoms with E-state index >= 15 is 0 Å². The maximum atomic E-state index is 11.8. The molecule has 0 aliphatic heterocycles. The van der Waals surface area contributed by atoms with Gasteiger partial charge in [0.1, 0.15) is 6.54 Å². The van der Waals surface area contributed by atoms with Crippen LogP contribution in [0.15, 0.2) is 41.3 Å². The minimum absolute atomic E-state index is 0.212. The van der Waals surface area contributed by atoms with E-state index in [0.717, 1.165) is 4.57 Å². The molecule has 0 spiro atoms. The average Bonchev–Trinajstić information content (AvgIpc) is 2.36. The van der Waals surface area contributed by atoms with Gasteiger partial charge >= 0.3 is 5.97 Å². The molecule has 0 amide bonds. The van der Waals surface area contributed by atoms with Crippen molar-refractivity contribution in [3.8, 4) is 11.3 Å². The smallest absolute Gasteiger partial charge is 0.323 e. The fourth-order valence-corrected chi connectivity index (χ4v) is 1.63. The number of hydrogen-bond acceptors (Lipinski definition) is 4. The molecule has 0 bridgehead atoms. The maximum absolute atomic E-state index is 11.8. The van der Waals surface area contributed by atoms with Crippen molar-refractivity contribution < 1.29 is 9.90 Å². The average molecular weight is 245 g/mol. The summed E-state index contributed by atoms with van der Waals surface area (Å²) in [5.74, 6) is -1.32. The summed E-state index contributed by atoms with van der Waals surface area (Å²) in [6.07, 6.45) is 1.40. The third-order valence-electron chi connectivity index (χ3n) is 2.44. The molecular weight excluding hydrogens is 234 g/mol. The van der Waals surface area contributed by atoms with Crippen LogP contribution in [0.4, 0.5) is 5.82 Å². The van der Waals surface area contributed by atoms with Crippen LogP contribution in [0.2, 0.25) is 0 Å². The van der Waals surface area contributed by atoms with E-state index in [4.69, 9.17) is 10.8 Å². The normalized spacial score (nSPS) is 10.2. The van der Waals surface area contributed by atoms with Gasteiger partial charge in [0.25, 0.3) is 5.56 Å². The quantitative estimate of drug-likeness (QED) is 0.824. The van der Waals surface area contributed by atoms with Gasteiger partial charge in [0, 0.05) is 0 Å². The van der Waals surface area contributed by atoms with E-state index in [1.807, 2.05) is 6.07 Å². The Hall–Kier alpha value is -2.63. The molecule has 0 atom stereocenters. The lowest BCUT2D eigenvalue weighted by atomic mass is 10.1. The summed E-state index contributed by atoms with van der Waals surface area (Å²) in [7, 11) is 0. The molecule has 2 aromatic rings. The second-order valence-corrected chi connectivity index (χ2v) is 3.68. The predicted molar refractivity (Wildman–Crippen MR) is 66.0 cm³/mol. The fourth-order valence-electron chi connectivity index (χ4n) is 1.63. The van der Waals surface area contributed by atoms with Crippen molar-refractivity contribution in [1.82, 2.24) is 9.55 Å². The molecule has 6 nitrogen and oxygen atoms in total. The molecule has 0 saturated heterocycles. The third kappa shape index (κ3) is 2.22. The molecule has 0 fully saturated rings. The van der Waals surface area contributed by atoms with E-state index in [0.29, 0.717) is 11.3 Å². The van der Waals surface area contributed by atoms with Crippen LogP contribution in [0.3, 0.4) is 0 Å². The van der Waals surface area contributed by atoms with E-state index in [9.17, 15) is 9.59 Å². The zero-order valence-corrected chi connectivity index (χ0v) is 9.41. The summed E-state index contributed by atoms with van der Waals surface area (Å²) < 4.78 is 1.10. The minimum Gasteiger partial charge on any atom is -0.480 e. The minimum atomic E-state index is -1.11. The molecule has 92 valence electrons. The lowest BCUT2D eigenvalue weighted by molar-refractivity contribution is -0.137. The first kappa shape index (κ1) is 11.8. The molecule has 0 saturated carbocycles. The highest BCUT2D eigenvalue weighted by atomic mass is 16.4. The zero-order chi connectivity index (χ0) is 13.1. The van der Waals surface area contributed by atoms with E-state index in [2.05, 4.69) is 4.98 Å².